The van der Waals surface area contributed by atoms with Crippen LogP contribution in [0.5, 0.6) is 0 Å². The van der Waals surface area contributed by atoms with Crippen LogP contribution in [-0.4, -0.2) is 31.1 Å². The van der Waals surface area contributed by atoms with Crippen LogP contribution in [0.15, 0.2) is 30.9 Å². The maximum absolute atomic E-state index is 13.5. The number of piperazine rings is 1. The van der Waals surface area contributed by atoms with E-state index in [0.29, 0.717) is 57.2 Å². The van der Waals surface area contributed by atoms with Gasteiger partial charge in [-0.2, -0.15) is 26.3 Å². The van der Waals surface area contributed by atoms with Crippen molar-refractivity contribution in [1.29, 1.82) is 0 Å². The summed E-state index contributed by atoms with van der Waals surface area (Å²) < 4.78 is 80.0. The van der Waals surface area contributed by atoms with Crippen molar-refractivity contribution < 1.29 is 26.3 Å². The summed E-state index contributed by atoms with van der Waals surface area (Å²) >= 11 is 0. The lowest BCUT2D eigenvalue weighted by Crippen LogP contribution is -2.45. The van der Waals surface area contributed by atoms with Gasteiger partial charge in [0.05, 0.1) is 11.1 Å². The van der Waals surface area contributed by atoms with E-state index in [4.69, 9.17) is 0 Å². The molecule has 9 heteroatoms. The quantitative estimate of drug-likeness (QED) is 0.332. The van der Waals surface area contributed by atoms with Crippen molar-refractivity contribution in [3.05, 3.63) is 47.5 Å². The van der Waals surface area contributed by atoms with Crippen molar-refractivity contribution in [2.75, 3.05) is 26.2 Å². The molecule has 1 aromatic carbocycles. The molecule has 0 amide bonds. The first-order valence-corrected chi connectivity index (χ1v) is 8.98. The molecule has 1 fully saturated rings. The molecule has 0 spiro atoms. The van der Waals surface area contributed by atoms with Gasteiger partial charge in [0.25, 0.3) is 0 Å². The third kappa shape index (κ3) is 6.67. The molecule has 1 atom stereocenters. The predicted octanol–water partition coefficient (Wildman–Crippen LogP) is 5.84. The van der Waals surface area contributed by atoms with Crippen LogP contribution in [0.1, 0.15) is 48.4 Å². The van der Waals surface area contributed by atoms with Crippen molar-refractivity contribution in [3.63, 3.8) is 0 Å². The molecule has 28 heavy (non-hydrogen) atoms. The van der Waals surface area contributed by atoms with Gasteiger partial charge in [-0.05, 0) is 43.0 Å². The SMILES string of the molecule is C=CCCCC[C@@H](c1cc(C(F)(F)F)ccc1C(F)(F)F)N1CCNCC1.Cl. The number of unbranched alkanes of at least 4 members (excludes halogenated alkanes) is 2. The van der Waals surface area contributed by atoms with Gasteiger partial charge in [0, 0.05) is 32.2 Å². The third-order valence-corrected chi connectivity index (χ3v) is 4.77. The van der Waals surface area contributed by atoms with Crippen molar-refractivity contribution in [2.24, 2.45) is 0 Å². The highest BCUT2D eigenvalue weighted by Gasteiger charge is 2.39. The predicted molar refractivity (Wildman–Crippen MR) is 99.5 cm³/mol. The summed E-state index contributed by atoms with van der Waals surface area (Å²) in [7, 11) is 0. The zero-order valence-corrected chi connectivity index (χ0v) is 16.2. The molecule has 1 aliphatic rings. The molecule has 2 rings (SSSR count). The van der Waals surface area contributed by atoms with Gasteiger partial charge in [0.1, 0.15) is 0 Å². The summed E-state index contributed by atoms with van der Waals surface area (Å²) in [6, 6.07) is 1.06. The summed E-state index contributed by atoms with van der Waals surface area (Å²) in [6.45, 7) is 5.82. The second-order valence-electron chi connectivity index (χ2n) is 6.67. The first kappa shape index (κ1) is 24.8. The molecule has 0 aromatic heterocycles. The normalized spacial score (nSPS) is 17.1. The molecule has 0 aliphatic carbocycles. The van der Waals surface area contributed by atoms with E-state index >= 15 is 0 Å². The van der Waals surface area contributed by atoms with Crippen LogP contribution in [-0.2, 0) is 12.4 Å². The fourth-order valence-corrected chi connectivity index (χ4v) is 3.43. The number of alkyl halides is 6. The molecule has 1 aliphatic heterocycles. The van der Waals surface area contributed by atoms with Gasteiger partial charge in [-0.3, -0.25) is 4.90 Å². The number of rotatable bonds is 7. The van der Waals surface area contributed by atoms with Crippen LogP contribution < -0.4 is 5.32 Å². The molecule has 0 bridgehead atoms. The monoisotopic (exact) mass is 430 g/mol. The molecule has 1 heterocycles. The number of nitrogens with one attached hydrogen (secondary N) is 1. The standard InChI is InChI=1S/C19H24F6N2.ClH/c1-2-3-4-5-6-17(27-11-9-26-10-12-27)15-13-14(18(20,21)22)7-8-16(15)19(23,24)25;/h2,7-8,13,17,26H,1,3-6,9-12H2;1H/t17-;/m0./s1. The van der Waals surface area contributed by atoms with Crippen LogP contribution in [0.25, 0.3) is 0 Å². The highest BCUT2D eigenvalue weighted by molar-refractivity contribution is 5.85. The van der Waals surface area contributed by atoms with Crippen molar-refractivity contribution in [1.82, 2.24) is 10.2 Å². The van der Waals surface area contributed by atoms with E-state index in [0.717, 1.165) is 12.8 Å². The average molecular weight is 431 g/mol. The molecule has 0 unspecified atom stereocenters. The van der Waals surface area contributed by atoms with Gasteiger partial charge in [-0.1, -0.05) is 12.5 Å². The van der Waals surface area contributed by atoms with E-state index in [2.05, 4.69) is 11.9 Å². The lowest BCUT2D eigenvalue weighted by Gasteiger charge is -2.36. The Balaban J connectivity index is 0.00000392. The van der Waals surface area contributed by atoms with Crippen molar-refractivity contribution >= 4 is 12.4 Å². The summed E-state index contributed by atoms with van der Waals surface area (Å²) in [5, 5.41) is 3.12. The fourth-order valence-electron chi connectivity index (χ4n) is 3.43. The van der Waals surface area contributed by atoms with E-state index in [1.807, 2.05) is 4.90 Å². The van der Waals surface area contributed by atoms with E-state index < -0.39 is 29.5 Å². The zero-order chi connectivity index (χ0) is 20.1. The Labute approximate surface area is 167 Å². The first-order chi connectivity index (χ1) is 12.6. The molecule has 1 aromatic rings. The van der Waals surface area contributed by atoms with Crippen molar-refractivity contribution in [2.45, 2.75) is 44.1 Å². The van der Waals surface area contributed by atoms with Gasteiger partial charge in [0.15, 0.2) is 0 Å². The van der Waals surface area contributed by atoms with E-state index in [1.54, 1.807) is 6.08 Å². The lowest BCUT2D eigenvalue weighted by molar-refractivity contribution is -0.142. The lowest BCUT2D eigenvalue weighted by atomic mass is 9.91. The maximum Gasteiger partial charge on any atom is 0.416 e. The average Bonchev–Trinajstić information content (AvgIpc) is 2.60. The van der Waals surface area contributed by atoms with Crippen molar-refractivity contribution in [3.8, 4) is 0 Å². The Kier molecular flexibility index (Phi) is 9.30. The van der Waals surface area contributed by atoms with Crippen LogP contribution in [0.4, 0.5) is 26.3 Å². The smallest absolute Gasteiger partial charge is 0.314 e. The highest BCUT2D eigenvalue weighted by atomic mass is 35.5. The second kappa shape index (κ2) is 10.5. The molecule has 0 saturated carbocycles. The van der Waals surface area contributed by atoms with Gasteiger partial charge in [-0.25, -0.2) is 0 Å². The van der Waals surface area contributed by atoms with Crippen LogP contribution in [0.2, 0.25) is 0 Å². The number of hydrogen-bond donors (Lipinski definition) is 1. The number of benzene rings is 1. The molecule has 1 N–H and O–H groups in total. The summed E-state index contributed by atoms with van der Waals surface area (Å²) in [5.41, 5.74) is -2.31. The molecule has 0 radical (unpaired) electrons. The maximum atomic E-state index is 13.5. The molecule has 1 saturated heterocycles. The number of hydrogen-bond acceptors (Lipinski definition) is 2. The Hall–Kier alpha value is -1.25. The number of nitrogens with zero attached hydrogens (tertiary/aromatic N) is 1. The second-order valence-corrected chi connectivity index (χ2v) is 6.67. The molecule has 2 nitrogen and oxygen atoms in total. The highest BCUT2D eigenvalue weighted by Crippen LogP contribution is 2.41. The van der Waals surface area contributed by atoms with Crippen LogP contribution >= 0.6 is 12.4 Å². The number of halogens is 7. The topological polar surface area (TPSA) is 15.3 Å². The summed E-state index contributed by atoms with van der Waals surface area (Å²) in [6.07, 6.45) is -5.20. The minimum atomic E-state index is -4.70. The summed E-state index contributed by atoms with van der Waals surface area (Å²) in [5.74, 6) is 0. The fraction of sp³-hybridized carbons (Fsp3) is 0.579. The largest absolute Gasteiger partial charge is 0.416 e. The van der Waals surface area contributed by atoms with Gasteiger partial charge in [-0.15, -0.1) is 19.0 Å². The minimum absolute atomic E-state index is 0. The van der Waals surface area contributed by atoms with E-state index in [1.165, 1.54) is 0 Å². The Bertz CT molecular complexity index is 624. The summed E-state index contributed by atoms with van der Waals surface area (Å²) in [4.78, 5) is 1.86. The first-order valence-electron chi connectivity index (χ1n) is 8.98. The van der Waals surface area contributed by atoms with Crippen LogP contribution in [0.3, 0.4) is 0 Å². The van der Waals surface area contributed by atoms with E-state index in [9.17, 15) is 26.3 Å². The van der Waals surface area contributed by atoms with E-state index in [-0.39, 0.29) is 18.0 Å². The minimum Gasteiger partial charge on any atom is -0.314 e. The molecular weight excluding hydrogens is 406 g/mol. The van der Waals surface area contributed by atoms with Crippen LogP contribution in [0, 0.1) is 0 Å². The van der Waals surface area contributed by atoms with Gasteiger partial charge >= 0.3 is 12.4 Å². The molecular formula is C19H25ClF6N2. The molecule has 160 valence electrons. The van der Waals surface area contributed by atoms with Gasteiger partial charge in [0.2, 0.25) is 0 Å². The zero-order valence-electron chi connectivity index (χ0n) is 15.4. The van der Waals surface area contributed by atoms with Gasteiger partial charge < -0.3 is 5.32 Å². The number of allylic oxidation sites excluding steroid dienone is 1. The Morgan fingerprint density at radius 2 is 1.68 bits per heavy atom. The Morgan fingerprint density at radius 1 is 1.04 bits per heavy atom. The Morgan fingerprint density at radius 3 is 2.21 bits per heavy atom. The third-order valence-electron chi connectivity index (χ3n) is 4.77.